The summed E-state index contributed by atoms with van der Waals surface area (Å²) in [6.45, 7) is 3.96. The lowest BCUT2D eigenvalue weighted by molar-refractivity contribution is -0.119. The number of thioether (sulfide) groups is 1. The first-order valence-corrected chi connectivity index (χ1v) is 11.2. The van der Waals surface area contributed by atoms with Gasteiger partial charge in [-0.05, 0) is 49.2 Å². The van der Waals surface area contributed by atoms with Gasteiger partial charge in [-0.15, -0.1) is 0 Å². The molecular formula is C22H21Cl2N3O2S. The molecule has 0 saturated carbocycles. The Bertz CT molecular complexity index is 1010. The zero-order valence-corrected chi connectivity index (χ0v) is 18.9. The summed E-state index contributed by atoms with van der Waals surface area (Å²) in [7, 11) is 0. The number of para-hydroxylation sites is 1. The largest absolute Gasteiger partial charge is 0.353 e. The molecule has 2 aromatic rings. The summed E-state index contributed by atoms with van der Waals surface area (Å²) in [6.07, 6.45) is 2.48. The van der Waals surface area contributed by atoms with Gasteiger partial charge in [-0.3, -0.25) is 14.5 Å². The van der Waals surface area contributed by atoms with Crippen molar-refractivity contribution in [3.63, 3.8) is 0 Å². The molecule has 8 heteroatoms. The number of amides is 2. The minimum atomic E-state index is -0.281. The van der Waals surface area contributed by atoms with Crippen molar-refractivity contribution in [2.45, 2.75) is 26.3 Å². The Balaban J connectivity index is 1.89. The van der Waals surface area contributed by atoms with Crippen molar-refractivity contribution < 1.29 is 9.59 Å². The number of halogens is 2. The molecule has 0 aliphatic carbocycles. The van der Waals surface area contributed by atoms with E-state index in [9.17, 15) is 9.59 Å². The molecule has 2 aromatic carbocycles. The lowest BCUT2D eigenvalue weighted by Crippen LogP contribution is -2.35. The first-order chi connectivity index (χ1) is 14.4. The monoisotopic (exact) mass is 461 g/mol. The van der Waals surface area contributed by atoms with E-state index in [1.54, 1.807) is 24.3 Å². The fraction of sp³-hybridized carbons (Fsp3) is 0.227. The van der Waals surface area contributed by atoms with Crippen molar-refractivity contribution in [1.29, 1.82) is 0 Å². The molecule has 1 unspecified atom stereocenters. The van der Waals surface area contributed by atoms with Gasteiger partial charge in [-0.2, -0.15) is 0 Å². The molecule has 0 saturated heterocycles. The van der Waals surface area contributed by atoms with Crippen LogP contribution in [0.2, 0.25) is 10.0 Å². The third-order valence-corrected chi connectivity index (χ3v) is 5.95. The van der Waals surface area contributed by atoms with Gasteiger partial charge >= 0.3 is 0 Å². The van der Waals surface area contributed by atoms with E-state index in [4.69, 9.17) is 23.2 Å². The molecule has 156 valence electrons. The lowest BCUT2D eigenvalue weighted by Gasteiger charge is -2.18. The number of hydrogen-bond donors (Lipinski definition) is 1. The molecule has 0 radical (unpaired) electrons. The van der Waals surface area contributed by atoms with E-state index >= 15 is 0 Å². The van der Waals surface area contributed by atoms with Gasteiger partial charge in [0.05, 0.1) is 11.4 Å². The van der Waals surface area contributed by atoms with Crippen molar-refractivity contribution in [2.75, 3.05) is 10.7 Å². The molecule has 30 heavy (non-hydrogen) atoms. The minimum absolute atomic E-state index is 0.0954. The fourth-order valence-corrected chi connectivity index (χ4v) is 4.00. The molecule has 5 nitrogen and oxygen atoms in total. The van der Waals surface area contributed by atoms with Gasteiger partial charge in [0.15, 0.2) is 5.17 Å². The van der Waals surface area contributed by atoms with Crippen molar-refractivity contribution >= 4 is 63.7 Å². The summed E-state index contributed by atoms with van der Waals surface area (Å²) in [6, 6.07) is 14.4. The number of carbonyl (C=O) groups excluding carboxylic acids is 2. The van der Waals surface area contributed by atoms with Crippen LogP contribution in [0.5, 0.6) is 0 Å². The Kier molecular flexibility index (Phi) is 7.58. The number of anilines is 1. The molecule has 0 spiro atoms. The third-order valence-electron chi connectivity index (χ3n) is 4.45. The van der Waals surface area contributed by atoms with Crippen LogP contribution < -0.4 is 10.2 Å². The quantitative estimate of drug-likeness (QED) is 0.586. The zero-order valence-electron chi connectivity index (χ0n) is 16.6. The molecule has 3 rings (SSSR count). The number of hydrogen-bond acceptors (Lipinski definition) is 4. The summed E-state index contributed by atoms with van der Waals surface area (Å²) in [4.78, 5) is 31.3. The van der Waals surface area contributed by atoms with E-state index in [-0.39, 0.29) is 29.3 Å². The average Bonchev–Trinajstić information content (AvgIpc) is 3.04. The van der Waals surface area contributed by atoms with E-state index < -0.39 is 0 Å². The van der Waals surface area contributed by atoms with Crippen LogP contribution in [0, 0.1) is 0 Å². The molecule has 1 N–H and O–H groups in total. The van der Waals surface area contributed by atoms with Crippen LogP contribution in [0.15, 0.2) is 59.2 Å². The zero-order chi connectivity index (χ0) is 21.7. The lowest BCUT2D eigenvalue weighted by atomic mass is 10.2. The smallest absolute Gasteiger partial charge is 0.283 e. The number of aliphatic imine (C=N–C) groups is 1. The summed E-state index contributed by atoms with van der Waals surface area (Å²) < 4.78 is 0. The van der Waals surface area contributed by atoms with E-state index in [0.717, 1.165) is 6.42 Å². The number of nitrogens with zero attached hydrogens (tertiary/aromatic N) is 2. The average molecular weight is 462 g/mol. The summed E-state index contributed by atoms with van der Waals surface area (Å²) in [5, 5.41) is 4.31. The minimum Gasteiger partial charge on any atom is -0.353 e. The van der Waals surface area contributed by atoms with Crippen LogP contribution in [0.1, 0.15) is 25.8 Å². The summed E-state index contributed by atoms with van der Waals surface area (Å²) >= 11 is 13.4. The normalized spacial score (nSPS) is 16.0. The Morgan fingerprint density at radius 1 is 1.23 bits per heavy atom. The molecule has 0 bridgehead atoms. The highest BCUT2D eigenvalue weighted by molar-refractivity contribution is 8.14. The SMILES string of the molecule is CCC(C)NC(=O)CSC1=N/C(=C/c2ccc(Cl)cc2Cl)C(=O)N1c1ccccc1. The first kappa shape index (κ1) is 22.4. The first-order valence-electron chi connectivity index (χ1n) is 9.46. The maximum atomic E-state index is 13.1. The summed E-state index contributed by atoms with van der Waals surface area (Å²) in [5.41, 5.74) is 1.57. The van der Waals surface area contributed by atoms with Crippen LogP contribution in [-0.2, 0) is 9.59 Å². The Morgan fingerprint density at radius 3 is 2.63 bits per heavy atom. The van der Waals surface area contributed by atoms with Gasteiger partial charge in [-0.1, -0.05) is 66.2 Å². The second-order valence-corrected chi connectivity index (χ2v) is 8.52. The molecule has 1 heterocycles. The number of rotatable bonds is 6. The van der Waals surface area contributed by atoms with E-state index in [1.165, 1.54) is 16.7 Å². The molecule has 0 aromatic heterocycles. The van der Waals surface area contributed by atoms with Gasteiger partial charge in [0, 0.05) is 16.1 Å². The van der Waals surface area contributed by atoms with Gasteiger partial charge in [0.1, 0.15) is 5.70 Å². The van der Waals surface area contributed by atoms with Gasteiger partial charge in [0.25, 0.3) is 5.91 Å². The highest BCUT2D eigenvalue weighted by atomic mass is 35.5. The van der Waals surface area contributed by atoms with Crippen LogP contribution in [0.3, 0.4) is 0 Å². The second-order valence-electron chi connectivity index (χ2n) is 6.73. The Labute approximate surface area is 190 Å². The number of carbonyl (C=O) groups is 2. The molecular weight excluding hydrogens is 441 g/mol. The highest BCUT2D eigenvalue weighted by Crippen LogP contribution is 2.31. The van der Waals surface area contributed by atoms with E-state index in [2.05, 4.69) is 10.3 Å². The predicted molar refractivity (Wildman–Crippen MR) is 126 cm³/mol. The van der Waals surface area contributed by atoms with Crippen LogP contribution in [0.4, 0.5) is 5.69 Å². The highest BCUT2D eigenvalue weighted by Gasteiger charge is 2.32. The Hall–Kier alpha value is -2.28. The van der Waals surface area contributed by atoms with Crippen LogP contribution >= 0.6 is 35.0 Å². The number of amidine groups is 1. The van der Waals surface area contributed by atoms with Gasteiger partial charge in [0.2, 0.25) is 5.91 Å². The van der Waals surface area contributed by atoms with Crippen molar-refractivity contribution in [3.8, 4) is 0 Å². The molecule has 1 aliphatic heterocycles. The van der Waals surface area contributed by atoms with Crippen molar-refractivity contribution in [3.05, 3.63) is 69.8 Å². The molecule has 1 atom stereocenters. The second kappa shape index (κ2) is 10.2. The summed E-state index contributed by atoms with van der Waals surface area (Å²) in [5.74, 6) is -0.220. The van der Waals surface area contributed by atoms with Gasteiger partial charge in [-0.25, -0.2) is 4.99 Å². The topological polar surface area (TPSA) is 61.8 Å². The van der Waals surface area contributed by atoms with E-state index in [0.29, 0.717) is 26.5 Å². The number of nitrogens with one attached hydrogen (secondary N) is 1. The predicted octanol–water partition coefficient (Wildman–Crippen LogP) is 5.39. The molecule has 0 fully saturated rings. The molecule has 2 amide bonds. The van der Waals surface area contributed by atoms with Gasteiger partial charge < -0.3 is 5.32 Å². The van der Waals surface area contributed by atoms with Crippen molar-refractivity contribution in [2.24, 2.45) is 4.99 Å². The Morgan fingerprint density at radius 2 is 1.97 bits per heavy atom. The van der Waals surface area contributed by atoms with E-state index in [1.807, 2.05) is 44.2 Å². The molecule has 1 aliphatic rings. The van der Waals surface area contributed by atoms with Crippen LogP contribution in [0.25, 0.3) is 6.08 Å². The number of benzene rings is 2. The third kappa shape index (κ3) is 5.45. The van der Waals surface area contributed by atoms with Crippen LogP contribution in [-0.4, -0.2) is 28.8 Å². The maximum Gasteiger partial charge on any atom is 0.283 e. The van der Waals surface area contributed by atoms with Crippen molar-refractivity contribution in [1.82, 2.24) is 5.32 Å². The standard InChI is InChI=1S/C22H21Cl2N3O2S/c1-3-14(2)25-20(28)13-30-22-26-19(11-15-9-10-16(23)12-18(15)24)21(29)27(22)17-7-5-4-6-8-17/h4-12,14H,3,13H2,1-2H3,(H,25,28)/b19-11+. The fourth-order valence-electron chi connectivity index (χ4n) is 2.71. The maximum absolute atomic E-state index is 13.1.